The standard InChI is InChI=1S/C23H27ClN4O2S/c1-2-28-20-6-4-3-5-19(20)26-23(28)31-16-22(29)25-15-21(27-11-13-30-14-12-27)17-7-9-18(24)10-8-17/h3-10,21H,2,11-16H2,1H3,(H,25,29). The second-order valence-corrected chi connectivity index (χ2v) is 8.81. The minimum atomic E-state index is 0.00642. The van der Waals surface area contributed by atoms with Crippen molar-refractivity contribution in [1.29, 1.82) is 0 Å². The lowest BCUT2D eigenvalue weighted by molar-refractivity contribution is -0.118. The van der Waals surface area contributed by atoms with Gasteiger partial charge in [-0.2, -0.15) is 0 Å². The van der Waals surface area contributed by atoms with E-state index in [0.29, 0.717) is 30.5 Å². The Labute approximate surface area is 191 Å². The van der Waals surface area contributed by atoms with Crippen LogP contribution in [0, 0.1) is 0 Å². The molecule has 1 aliphatic rings. The molecule has 8 heteroatoms. The lowest BCUT2D eigenvalue weighted by Crippen LogP contribution is -2.44. The monoisotopic (exact) mass is 458 g/mol. The maximum absolute atomic E-state index is 12.7. The van der Waals surface area contributed by atoms with Crippen LogP contribution in [0.25, 0.3) is 11.0 Å². The molecule has 1 aliphatic heterocycles. The highest BCUT2D eigenvalue weighted by Gasteiger charge is 2.23. The number of rotatable bonds is 8. The topological polar surface area (TPSA) is 59.4 Å². The third-order valence-electron chi connectivity index (χ3n) is 5.50. The number of hydrogen-bond donors (Lipinski definition) is 1. The lowest BCUT2D eigenvalue weighted by Gasteiger charge is -2.35. The van der Waals surface area contributed by atoms with Gasteiger partial charge >= 0.3 is 0 Å². The van der Waals surface area contributed by atoms with E-state index in [4.69, 9.17) is 21.3 Å². The maximum atomic E-state index is 12.7. The van der Waals surface area contributed by atoms with E-state index in [2.05, 4.69) is 27.8 Å². The molecule has 0 spiro atoms. The number of nitrogens with one attached hydrogen (secondary N) is 1. The highest BCUT2D eigenvalue weighted by Crippen LogP contribution is 2.25. The van der Waals surface area contributed by atoms with Crippen LogP contribution in [0.15, 0.2) is 53.7 Å². The van der Waals surface area contributed by atoms with E-state index in [1.165, 1.54) is 11.8 Å². The van der Waals surface area contributed by atoms with Crippen LogP contribution in [0.4, 0.5) is 0 Å². The fourth-order valence-corrected chi connectivity index (χ4v) is 4.93. The van der Waals surface area contributed by atoms with Crippen LogP contribution in [0.5, 0.6) is 0 Å². The quantitative estimate of drug-likeness (QED) is 0.517. The molecule has 6 nitrogen and oxygen atoms in total. The number of carbonyl (C=O) groups is 1. The van der Waals surface area contributed by atoms with Crippen LogP contribution in [0.3, 0.4) is 0 Å². The molecular formula is C23H27ClN4O2S. The second-order valence-electron chi connectivity index (χ2n) is 7.44. The molecule has 0 bridgehead atoms. The molecule has 1 fully saturated rings. The van der Waals surface area contributed by atoms with Crippen molar-refractivity contribution in [3.63, 3.8) is 0 Å². The number of ether oxygens (including phenoxy) is 1. The molecule has 0 aliphatic carbocycles. The number of halogens is 1. The summed E-state index contributed by atoms with van der Waals surface area (Å²) in [5, 5.41) is 4.71. The van der Waals surface area contributed by atoms with Crippen LogP contribution in [-0.4, -0.2) is 59.0 Å². The fourth-order valence-electron chi connectivity index (χ4n) is 3.89. The molecule has 1 aromatic heterocycles. The Morgan fingerprint density at radius 3 is 2.68 bits per heavy atom. The number of imidazole rings is 1. The molecule has 1 N–H and O–H groups in total. The molecule has 0 radical (unpaired) electrons. The van der Waals surface area contributed by atoms with Gasteiger partial charge in [0.1, 0.15) is 0 Å². The van der Waals surface area contributed by atoms with E-state index in [0.717, 1.165) is 41.4 Å². The molecule has 3 aromatic rings. The van der Waals surface area contributed by atoms with Gasteiger partial charge < -0.3 is 14.6 Å². The van der Waals surface area contributed by atoms with Crippen molar-refractivity contribution < 1.29 is 9.53 Å². The summed E-state index contributed by atoms with van der Waals surface area (Å²) in [4.78, 5) is 19.7. The molecule has 31 heavy (non-hydrogen) atoms. The van der Waals surface area contributed by atoms with Crippen molar-refractivity contribution >= 4 is 40.3 Å². The summed E-state index contributed by atoms with van der Waals surface area (Å²) < 4.78 is 7.65. The summed E-state index contributed by atoms with van der Waals surface area (Å²) in [7, 11) is 0. The predicted molar refractivity (Wildman–Crippen MR) is 126 cm³/mol. The number of amides is 1. The van der Waals surface area contributed by atoms with Crippen LogP contribution in [0.2, 0.25) is 5.02 Å². The van der Waals surface area contributed by atoms with E-state index < -0.39 is 0 Å². The Bertz CT molecular complexity index is 1020. The lowest BCUT2D eigenvalue weighted by atomic mass is 10.0. The first kappa shape index (κ1) is 22.1. The minimum Gasteiger partial charge on any atom is -0.379 e. The Morgan fingerprint density at radius 2 is 1.94 bits per heavy atom. The number of hydrogen-bond acceptors (Lipinski definition) is 5. The first-order valence-corrected chi connectivity index (χ1v) is 11.9. The first-order chi connectivity index (χ1) is 15.2. The molecule has 1 unspecified atom stereocenters. The molecule has 2 aromatic carbocycles. The first-order valence-electron chi connectivity index (χ1n) is 10.6. The van der Waals surface area contributed by atoms with Gasteiger partial charge in [0.25, 0.3) is 0 Å². The summed E-state index contributed by atoms with van der Waals surface area (Å²) in [6.07, 6.45) is 0. The maximum Gasteiger partial charge on any atom is 0.230 e. The predicted octanol–water partition coefficient (Wildman–Crippen LogP) is 3.99. The number of aryl methyl sites for hydroxylation is 1. The van der Waals surface area contributed by atoms with Gasteiger partial charge in [-0.15, -0.1) is 0 Å². The van der Waals surface area contributed by atoms with E-state index in [9.17, 15) is 4.79 Å². The number of nitrogens with zero attached hydrogens (tertiary/aromatic N) is 3. The fraction of sp³-hybridized carbons (Fsp3) is 0.391. The van der Waals surface area contributed by atoms with Crippen molar-refractivity contribution in [2.24, 2.45) is 0 Å². The smallest absolute Gasteiger partial charge is 0.230 e. The van der Waals surface area contributed by atoms with Crippen molar-refractivity contribution in [2.75, 3.05) is 38.6 Å². The van der Waals surface area contributed by atoms with E-state index in [1.54, 1.807) is 0 Å². The number of morpholine rings is 1. The molecule has 1 saturated heterocycles. The van der Waals surface area contributed by atoms with E-state index in [-0.39, 0.29) is 11.9 Å². The zero-order valence-electron chi connectivity index (χ0n) is 17.6. The van der Waals surface area contributed by atoms with Gasteiger partial charge in [0.15, 0.2) is 5.16 Å². The molecule has 2 heterocycles. The SMILES string of the molecule is CCn1c(SCC(=O)NCC(c2ccc(Cl)cc2)N2CCOCC2)nc2ccccc21. The van der Waals surface area contributed by atoms with Gasteiger partial charge in [0.05, 0.1) is 36.0 Å². The Balaban J connectivity index is 1.39. The summed E-state index contributed by atoms with van der Waals surface area (Å²) in [6.45, 7) is 6.57. The van der Waals surface area contributed by atoms with Gasteiger partial charge in [0.2, 0.25) is 5.91 Å². The Kier molecular flexibility index (Phi) is 7.50. The number of carbonyl (C=O) groups excluding carboxylic acids is 1. The second kappa shape index (κ2) is 10.5. The number of para-hydroxylation sites is 2. The van der Waals surface area contributed by atoms with Gasteiger partial charge in [-0.25, -0.2) is 4.98 Å². The average Bonchev–Trinajstić information content (AvgIpc) is 3.17. The van der Waals surface area contributed by atoms with Crippen molar-refractivity contribution in [1.82, 2.24) is 19.8 Å². The molecule has 4 rings (SSSR count). The van der Waals surface area contributed by atoms with Crippen molar-refractivity contribution in [3.8, 4) is 0 Å². The zero-order valence-corrected chi connectivity index (χ0v) is 19.2. The van der Waals surface area contributed by atoms with Crippen molar-refractivity contribution in [3.05, 3.63) is 59.1 Å². The largest absolute Gasteiger partial charge is 0.379 e. The molecule has 1 amide bonds. The summed E-state index contributed by atoms with van der Waals surface area (Å²) in [6, 6.07) is 16.0. The van der Waals surface area contributed by atoms with Crippen LogP contribution in [0.1, 0.15) is 18.5 Å². The Morgan fingerprint density at radius 1 is 1.19 bits per heavy atom. The molecule has 164 valence electrons. The molecular weight excluding hydrogens is 432 g/mol. The van der Waals surface area contributed by atoms with Gasteiger partial charge in [0, 0.05) is 31.2 Å². The number of thioether (sulfide) groups is 1. The Hall–Kier alpha value is -2.06. The summed E-state index contributed by atoms with van der Waals surface area (Å²) in [5.41, 5.74) is 3.21. The summed E-state index contributed by atoms with van der Waals surface area (Å²) in [5.74, 6) is 0.340. The minimum absolute atomic E-state index is 0.00642. The molecule has 0 saturated carbocycles. The van der Waals surface area contributed by atoms with Gasteiger partial charge in [-0.3, -0.25) is 9.69 Å². The highest BCUT2D eigenvalue weighted by atomic mass is 35.5. The molecule has 1 atom stereocenters. The van der Waals surface area contributed by atoms with Crippen LogP contribution >= 0.6 is 23.4 Å². The van der Waals surface area contributed by atoms with Gasteiger partial charge in [-0.05, 0) is 36.8 Å². The number of fused-ring (bicyclic) bond motifs is 1. The van der Waals surface area contributed by atoms with Crippen molar-refractivity contribution in [2.45, 2.75) is 24.7 Å². The van der Waals surface area contributed by atoms with Gasteiger partial charge in [-0.1, -0.05) is 47.6 Å². The summed E-state index contributed by atoms with van der Waals surface area (Å²) >= 11 is 7.55. The average molecular weight is 459 g/mol. The van der Waals surface area contributed by atoms with E-state index >= 15 is 0 Å². The highest BCUT2D eigenvalue weighted by molar-refractivity contribution is 7.99. The van der Waals surface area contributed by atoms with Crippen LogP contribution in [-0.2, 0) is 16.1 Å². The van der Waals surface area contributed by atoms with E-state index in [1.807, 2.05) is 42.5 Å². The normalized spacial score (nSPS) is 15.8. The number of aromatic nitrogens is 2. The third-order valence-corrected chi connectivity index (χ3v) is 6.73. The van der Waals surface area contributed by atoms with Crippen LogP contribution < -0.4 is 5.32 Å². The third kappa shape index (κ3) is 5.41. The number of benzene rings is 2. The zero-order chi connectivity index (χ0) is 21.6.